The quantitative estimate of drug-likeness (QED) is 0.255. The molecule has 214 valence electrons. The van der Waals surface area contributed by atoms with Gasteiger partial charge in [-0.25, -0.2) is 28.5 Å². The first-order chi connectivity index (χ1) is 19.5. The van der Waals surface area contributed by atoms with Gasteiger partial charge in [-0.15, -0.1) is 0 Å². The maximum atomic E-state index is 14.3. The van der Waals surface area contributed by atoms with E-state index in [9.17, 15) is 13.6 Å². The van der Waals surface area contributed by atoms with E-state index in [0.29, 0.717) is 30.5 Å². The number of nitrogens with zero attached hydrogens (tertiary/aromatic N) is 5. The molecule has 0 bridgehead atoms. The second-order valence-electron chi connectivity index (χ2n) is 10.6. The molecule has 0 aliphatic heterocycles. The predicted molar refractivity (Wildman–Crippen MR) is 154 cm³/mol. The number of benzene rings is 2. The summed E-state index contributed by atoms with van der Waals surface area (Å²) < 4.78 is 32.9. The fraction of sp³-hybridized carbons (Fsp3) is 0.300. The van der Waals surface area contributed by atoms with Crippen LogP contribution in [0.4, 0.5) is 31.2 Å². The van der Waals surface area contributed by atoms with Gasteiger partial charge in [0.2, 0.25) is 5.95 Å². The Kier molecular flexibility index (Phi) is 9.06. The van der Waals surface area contributed by atoms with Crippen LogP contribution in [0.1, 0.15) is 38.8 Å². The summed E-state index contributed by atoms with van der Waals surface area (Å²) >= 11 is 0. The molecule has 0 aliphatic rings. The van der Waals surface area contributed by atoms with Crippen LogP contribution < -0.4 is 15.5 Å². The Labute approximate surface area is 238 Å². The lowest BCUT2D eigenvalue weighted by atomic mass is 10.0. The van der Waals surface area contributed by atoms with E-state index in [1.54, 1.807) is 30.3 Å². The number of amides is 1. The third kappa shape index (κ3) is 8.41. The van der Waals surface area contributed by atoms with Crippen LogP contribution in [0.2, 0.25) is 0 Å². The van der Waals surface area contributed by atoms with Gasteiger partial charge in [0.1, 0.15) is 28.9 Å². The largest absolute Gasteiger partial charge is 0.444 e. The fourth-order valence-electron chi connectivity index (χ4n) is 4.04. The minimum atomic E-state index is -0.739. The van der Waals surface area contributed by atoms with Crippen molar-refractivity contribution in [1.29, 1.82) is 0 Å². The number of aromatic nitrogens is 4. The molecule has 4 aromatic rings. The highest BCUT2D eigenvalue weighted by molar-refractivity contribution is 5.67. The summed E-state index contributed by atoms with van der Waals surface area (Å²) in [6.07, 6.45) is 3.39. The molecule has 0 aliphatic carbocycles. The van der Waals surface area contributed by atoms with E-state index >= 15 is 0 Å². The summed E-state index contributed by atoms with van der Waals surface area (Å²) in [5.41, 5.74) is 1.60. The molecule has 0 radical (unpaired) electrons. The van der Waals surface area contributed by atoms with Gasteiger partial charge >= 0.3 is 6.09 Å². The van der Waals surface area contributed by atoms with Gasteiger partial charge in [-0.2, -0.15) is 4.98 Å². The van der Waals surface area contributed by atoms with E-state index in [0.717, 1.165) is 17.2 Å². The number of anilines is 3. The third-order valence-electron chi connectivity index (χ3n) is 5.89. The molecule has 0 fully saturated rings. The molecule has 0 saturated heterocycles. The Balaban J connectivity index is 1.39. The van der Waals surface area contributed by atoms with Crippen LogP contribution >= 0.6 is 0 Å². The van der Waals surface area contributed by atoms with Crippen molar-refractivity contribution in [3.05, 3.63) is 89.8 Å². The van der Waals surface area contributed by atoms with Crippen LogP contribution in [0, 0.1) is 11.6 Å². The minimum absolute atomic E-state index is 0.00303. The van der Waals surface area contributed by atoms with Crippen molar-refractivity contribution < 1.29 is 18.3 Å². The van der Waals surface area contributed by atoms with Crippen LogP contribution in [0.5, 0.6) is 0 Å². The predicted octanol–water partition coefficient (Wildman–Crippen LogP) is 6.05. The smallest absolute Gasteiger partial charge is 0.407 e. The SMILES string of the molecule is C[C@@H](Cc1cccc(CNC(=O)OC(C)(C)C)c1)Nc1nccc(N(C)c2ccnc(-c3ccc(F)cc3F)n2)n1. The maximum Gasteiger partial charge on any atom is 0.407 e. The molecule has 9 nitrogen and oxygen atoms in total. The van der Waals surface area contributed by atoms with E-state index in [2.05, 4.69) is 30.6 Å². The van der Waals surface area contributed by atoms with Crippen LogP contribution in [0.15, 0.2) is 67.0 Å². The topological polar surface area (TPSA) is 105 Å². The lowest BCUT2D eigenvalue weighted by molar-refractivity contribution is 0.0523. The summed E-state index contributed by atoms with van der Waals surface area (Å²) in [5.74, 6) is 0.206. The average molecular weight is 562 g/mol. The van der Waals surface area contributed by atoms with Crippen molar-refractivity contribution in [2.24, 2.45) is 0 Å². The molecule has 2 aromatic carbocycles. The summed E-state index contributed by atoms with van der Waals surface area (Å²) in [6, 6.07) is 14.6. The number of alkyl carbamates (subject to hydrolysis) is 1. The highest BCUT2D eigenvalue weighted by Crippen LogP contribution is 2.25. The lowest BCUT2D eigenvalue weighted by Gasteiger charge is -2.20. The van der Waals surface area contributed by atoms with Crippen LogP contribution in [-0.4, -0.2) is 44.7 Å². The Morgan fingerprint density at radius 3 is 2.41 bits per heavy atom. The highest BCUT2D eigenvalue weighted by Gasteiger charge is 2.16. The molecular formula is C30H33F2N7O2. The molecule has 1 atom stereocenters. The molecule has 41 heavy (non-hydrogen) atoms. The molecule has 2 N–H and O–H groups in total. The standard InChI is InChI=1S/C30H33F2N7O2/c1-19(15-20-7-6-8-21(16-20)18-35-29(40)41-30(2,3)4)36-28-34-14-12-26(38-28)39(5)25-11-13-33-27(37-25)23-10-9-22(31)17-24(23)32/h6-14,16-17,19H,15,18H2,1-5H3,(H,35,40)(H,34,36,38)/t19-/m0/s1. The van der Waals surface area contributed by atoms with Crippen LogP contribution in [-0.2, 0) is 17.7 Å². The number of ether oxygens (including phenoxy) is 1. The molecular weight excluding hydrogens is 528 g/mol. The third-order valence-corrected chi connectivity index (χ3v) is 5.89. The Hall–Kier alpha value is -4.67. The van der Waals surface area contributed by atoms with Crippen molar-refractivity contribution >= 4 is 23.7 Å². The fourth-order valence-corrected chi connectivity index (χ4v) is 4.04. The summed E-state index contributed by atoms with van der Waals surface area (Å²) in [6.45, 7) is 7.86. The molecule has 2 aromatic heterocycles. The number of carbonyl (C=O) groups is 1. The van der Waals surface area contributed by atoms with Gasteiger partial charge in [0.05, 0.1) is 5.56 Å². The van der Waals surface area contributed by atoms with Crippen molar-refractivity contribution in [2.45, 2.75) is 52.3 Å². The van der Waals surface area contributed by atoms with E-state index in [4.69, 9.17) is 4.74 Å². The van der Waals surface area contributed by atoms with Gasteiger partial charge in [0, 0.05) is 38.1 Å². The molecule has 2 heterocycles. The summed E-state index contributed by atoms with van der Waals surface area (Å²) in [7, 11) is 1.78. The van der Waals surface area contributed by atoms with E-state index in [-0.39, 0.29) is 17.4 Å². The average Bonchev–Trinajstić information content (AvgIpc) is 2.91. The minimum Gasteiger partial charge on any atom is -0.444 e. The maximum absolute atomic E-state index is 14.3. The van der Waals surface area contributed by atoms with Crippen LogP contribution in [0.25, 0.3) is 11.4 Å². The number of rotatable bonds is 9. The van der Waals surface area contributed by atoms with Crippen molar-refractivity contribution in [3.8, 4) is 11.4 Å². The number of nitrogens with one attached hydrogen (secondary N) is 2. The van der Waals surface area contributed by atoms with Gasteiger partial charge in [0.25, 0.3) is 0 Å². The molecule has 4 rings (SSSR count). The Morgan fingerprint density at radius 2 is 1.68 bits per heavy atom. The molecule has 0 spiro atoms. The number of hydrogen-bond acceptors (Lipinski definition) is 8. The van der Waals surface area contributed by atoms with Gasteiger partial charge in [-0.1, -0.05) is 24.3 Å². The summed E-state index contributed by atoms with van der Waals surface area (Å²) in [5, 5.41) is 6.11. The zero-order valence-electron chi connectivity index (χ0n) is 23.7. The molecule has 0 unspecified atom stereocenters. The first kappa shape index (κ1) is 29.3. The van der Waals surface area contributed by atoms with Crippen LogP contribution in [0.3, 0.4) is 0 Å². The second-order valence-corrected chi connectivity index (χ2v) is 10.6. The Morgan fingerprint density at radius 1 is 0.976 bits per heavy atom. The zero-order valence-corrected chi connectivity index (χ0v) is 23.7. The molecule has 11 heteroatoms. The van der Waals surface area contributed by atoms with E-state index < -0.39 is 23.3 Å². The normalized spacial score (nSPS) is 12.0. The zero-order chi connectivity index (χ0) is 29.6. The van der Waals surface area contributed by atoms with E-state index in [1.165, 1.54) is 18.3 Å². The van der Waals surface area contributed by atoms with Crippen molar-refractivity contribution in [2.75, 3.05) is 17.3 Å². The molecule has 0 saturated carbocycles. The first-order valence-corrected chi connectivity index (χ1v) is 13.1. The van der Waals surface area contributed by atoms with Gasteiger partial charge in [0.15, 0.2) is 5.82 Å². The first-order valence-electron chi connectivity index (χ1n) is 13.1. The monoisotopic (exact) mass is 561 g/mol. The second kappa shape index (κ2) is 12.7. The molecule has 1 amide bonds. The number of hydrogen-bond donors (Lipinski definition) is 2. The number of carbonyl (C=O) groups excluding carboxylic acids is 1. The van der Waals surface area contributed by atoms with E-state index in [1.807, 2.05) is 52.0 Å². The summed E-state index contributed by atoms with van der Waals surface area (Å²) in [4.78, 5) is 31.3. The van der Waals surface area contributed by atoms with Gasteiger partial charge in [-0.3, -0.25) is 0 Å². The van der Waals surface area contributed by atoms with Gasteiger partial charge in [-0.05, 0) is 69.5 Å². The number of halogens is 2. The van der Waals surface area contributed by atoms with Crippen molar-refractivity contribution in [3.63, 3.8) is 0 Å². The Bertz CT molecular complexity index is 1510. The van der Waals surface area contributed by atoms with Crippen molar-refractivity contribution in [1.82, 2.24) is 25.3 Å². The highest BCUT2D eigenvalue weighted by atomic mass is 19.1. The lowest BCUT2D eigenvalue weighted by Crippen LogP contribution is -2.32. The van der Waals surface area contributed by atoms with Gasteiger partial charge < -0.3 is 20.3 Å².